The Morgan fingerprint density at radius 3 is 2.36 bits per heavy atom. The van der Waals surface area contributed by atoms with Crippen LogP contribution in [0.25, 0.3) is 0 Å². The second kappa shape index (κ2) is 11.4. The number of nitrogens with zero attached hydrogens (tertiary/aromatic N) is 2. The number of alkyl halides is 3. The highest BCUT2D eigenvalue weighted by atomic mass is 35.5. The van der Waals surface area contributed by atoms with Gasteiger partial charge in [-0.2, -0.15) is 13.2 Å². The summed E-state index contributed by atoms with van der Waals surface area (Å²) in [6.45, 7) is 3.17. The van der Waals surface area contributed by atoms with Crippen molar-refractivity contribution in [2.75, 3.05) is 44.2 Å². The summed E-state index contributed by atoms with van der Waals surface area (Å²) in [7, 11) is 0. The maximum atomic E-state index is 14.4. The monoisotopic (exact) mass is 563 g/mol. The summed E-state index contributed by atoms with van der Waals surface area (Å²) in [6.07, 6.45) is -0.806. The first kappa shape index (κ1) is 27.8. The minimum Gasteiger partial charge on any atom is -0.371 e. The van der Waals surface area contributed by atoms with Gasteiger partial charge in [0.05, 0.1) is 17.2 Å². The van der Waals surface area contributed by atoms with Gasteiger partial charge in [-0.05, 0) is 62.1 Å². The van der Waals surface area contributed by atoms with Crippen molar-refractivity contribution >= 4 is 29.1 Å². The number of nitrogens with one attached hydrogen (secondary N) is 1. The molecule has 0 aromatic heterocycles. The Labute approximate surface area is 231 Å². The second-order valence-electron chi connectivity index (χ2n) is 10.7. The van der Waals surface area contributed by atoms with Crippen LogP contribution in [0.5, 0.6) is 0 Å². The molecule has 1 unspecified atom stereocenters. The predicted octanol–water partition coefficient (Wildman–Crippen LogP) is 5.40. The molecule has 3 fully saturated rings. The molecule has 0 aliphatic carbocycles. The first-order valence-electron chi connectivity index (χ1n) is 13.6. The molecule has 0 radical (unpaired) electrons. The SMILES string of the molecule is O=C(c1ccc(N2CCC(CC3CCNC(=O)[C@](c4ccccc4)(C(F)(F)F)OC3)CC2)cc1Cl)N1CCC1. The van der Waals surface area contributed by atoms with E-state index in [2.05, 4.69) is 10.2 Å². The van der Waals surface area contributed by atoms with E-state index >= 15 is 0 Å². The number of likely N-dealkylation sites (tertiary alicyclic amines) is 1. The van der Waals surface area contributed by atoms with Crippen LogP contribution >= 0.6 is 11.6 Å². The number of halogens is 4. The first-order chi connectivity index (χ1) is 18.7. The Morgan fingerprint density at radius 1 is 1.03 bits per heavy atom. The van der Waals surface area contributed by atoms with Gasteiger partial charge in [0.15, 0.2) is 0 Å². The fourth-order valence-electron chi connectivity index (χ4n) is 5.82. The lowest BCUT2D eigenvalue weighted by Gasteiger charge is -2.39. The molecule has 0 spiro atoms. The molecule has 3 aliphatic rings. The fraction of sp³-hybridized carbons (Fsp3) is 0.517. The number of rotatable bonds is 5. The highest BCUT2D eigenvalue weighted by Gasteiger charge is 2.63. The predicted molar refractivity (Wildman–Crippen MR) is 143 cm³/mol. The van der Waals surface area contributed by atoms with E-state index in [0.717, 1.165) is 57.5 Å². The van der Waals surface area contributed by atoms with Crippen molar-refractivity contribution in [3.05, 3.63) is 64.7 Å². The van der Waals surface area contributed by atoms with Gasteiger partial charge in [0.1, 0.15) is 0 Å². The molecule has 5 rings (SSSR count). The van der Waals surface area contributed by atoms with Crippen LogP contribution in [-0.4, -0.2) is 62.2 Å². The zero-order valence-corrected chi connectivity index (χ0v) is 22.4. The second-order valence-corrected chi connectivity index (χ2v) is 11.1. The third-order valence-corrected chi connectivity index (χ3v) is 8.56. The van der Waals surface area contributed by atoms with Crippen LogP contribution in [0.15, 0.2) is 48.5 Å². The molecule has 3 heterocycles. The minimum atomic E-state index is -4.90. The van der Waals surface area contributed by atoms with E-state index in [9.17, 15) is 22.8 Å². The first-order valence-corrected chi connectivity index (χ1v) is 13.9. The molecular weight excluding hydrogens is 531 g/mol. The highest BCUT2D eigenvalue weighted by molar-refractivity contribution is 6.34. The number of benzene rings is 2. The molecule has 0 bridgehead atoms. The van der Waals surface area contributed by atoms with Gasteiger partial charge in [-0.15, -0.1) is 0 Å². The molecule has 2 aromatic carbocycles. The van der Waals surface area contributed by atoms with Crippen molar-refractivity contribution in [2.45, 2.75) is 43.9 Å². The van der Waals surface area contributed by atoms with Crippen LogP contribution in [0.1, 0.15) is 48.0 Å². The molecule has 2 atom stereocenters. The number of amides is 2. The Hall–Kier alpha value is -2.78. The Kier molecular flexibility index (Phi) is 8.10. The van der Waals surface area contributed by atoms with Crippen LogP contribution in [0.4, 0.5) is 18.9 Å². The quantitative estimate of drug-likeness (QED) is 0.529. The average Bonchev–Trinajstić information content (AvgIpc) is 2.87. The molecule has 1 N–H and O–H groups in total. The van der Waals surface area contributed by atoms with Crippen molar-refractivity contribution in [3.8, 4) is 0 Å². The number of hydrogen-bond acceptors (Lipinski definition) is 4. The van der Waals surface area contributed by atoms with Gasteiger partial charge in [0.2, 0.25) is 0 Å². The zero-order valence-electron chi connectivity index (χ0n) is 21.7. The van der Waals surface area contributed by atoms with E-state index in [1.807, 2.05) is 12.1 Å². The molecule has 210 valence electrons. The van der Waals surface area contributed by atoms with E-state index in [-0.39, 0.29) is 30.5 Å². The minimum absolute atomic E-state index is 0.0316. The maximum absolute atomic E-state index is 14.4. The molecule has 3 saturated heterocycles. The normalized spacial score (nSPS) is 24.9. The van der Waals surface area contributed by atoms with Crippen LogP contribution in [-0.2, 0) is 15.1 Å². The third-order valence-electron chi connectivity index (χ3n) is 8.25. The number of piperidine rings is 1. The topological polar surface area (TPSA) is 61.9 Å². The fourth-order valence-corrected chi connectivity index (χ4v) is 6.07. The maximum Gasteiger partial charge on any atom is 0.430 e. The van der Waals surface area contributed by atoms with Crippen molar-refractivity contribution in [2.24, 2.45) is 11.8 Å². The van der Waals surface area contributed by atoms with Gasteiger partial charge < -0.3 is 19.9 Å². The largest absolute Gasteiger partial charge is 0.430 e. The van der Waals surface area contributed by atoms with Gasteiger partial charge in [0, 0.05) is 44.0 Å². The van der Waals surface area contributed by atoms with Gasteiger partial charge in [-0.1, -0.05) is 41.9 Å². The summed E-state index contributed by atoms with van der Waals surface area (Å²) in [5.74, 6) is -0.960. The Morgan fingerprint density at radius 2 is 1.74 bits per heavy atom. The standard InChI is InChI=1S/C29H33ClF3N3O3/c30-25-18-23(7-8-24(25)26(37)36-13-4-14-36)35-15-10-20(11-16-35)17-21-9-12-34-27(38)28(39-19-21,29(31,32)33)22-5-2-1-3-6-22/h1-3,5-8,18,20-21H,4,9-17,19H2,(H,34,38)/t21?,28-/m1/s1. The average molecular weight is 564 g/mol. The van der Waals surface area contributed by atoms with Crippen LogP contribution in [0.2, 0.25) is 5.02 Å². The van der Waals surface area contributed by atoms with Crippen molar-refractivity contribution in [1.82, 2.24) is 10.2 Å². The molecule has 3 aliphatic heterocycles. The van der Waals surface area contributed by atoms with Gasteiger partial charge in [-0.3, -0.25) is 9.59 Å². The highest BCUT2D eigenvalue weighted by Crippen LogP contribution is 2.44. The summed E-state index contributed by atoms with van der Waals surface area (Å²) in [4.78, 5) is 29.3. The lowest BCUT2D eigenvalue weighted by atomic mass is 9.84. The van der Waals surface area contributed by atoms with Crippen LogP contribution in [0, 0.1) is 11.8 Å². The summed E-state index contributed by atoms with van der Waals surface area (Å²) < 4.78 is 48.7. The molecular formula is C29H33ClF3N3O3. The molecule has 10 heteroatoms. The third kappa shape index (κ3) is 5.61. The number of anilines is 1. The van der Waals surface area contributed by atoms with Crippen molar-refractivity contribution in [1.29, 1.82) is 0 Å². The van der Waals surface area contributed by atoms with Gasteiger partial charge in [0.25, 0.3) is 17.4 Å². The van der Waals surface area contributed by atoms with Gasteiger partial charge in [-0.25, -0.2) is 0 Å². The summed E-state index contributed by atoms with van der Waals surface area (Å²) in [6, 6.07) is 12.7. The smallest absolute Gasteiger partial charge is 0.371 e. The Bertz CT molecular complexity index is 1180. The zero-order chi connectivity index (χ0) is 27.6. The molecule has 39 heavy (non-hydrogen) atoms. The lowest BCUT2D eigenvalue weighted by molar-refractivity contribution is -0.277. The lowest BCUT2D eigenvalue weighted by Crippen LogP contribution is -2.58. The summed E-state index contributed by atoms with van der Waals surface area (Å²) in [5.41, 5.74) is -1.73. The van der Waals surface area contributed by atoms with E-state index in [0.29, 0.717) is 22.9 Å². The molecule has 6 nitrogen and oxygen atoms in total. The van der Waals surface area contributed by atoms with E-state index in [1.165, 1.54) is 24.3 Å². The summed E-state index contributed by atoms with van der Waals surface area (Å²) >= 11 is 6.47. The van der Waals surface area contributed by atoms with E-state index < -0.39 is 17.7 Å². The van der Waals surface area contributed by atoms with Crippen LogP contribution < -0.4 is 10.2 Å². The number of carbonyl (C=O) groups excluding carboxylic acids is 2. The number of hydrogen-bond donors (Lipinski definition) is 1. The number of ether oxygens (including phenoxy) is 1. The molecule has 2 aromatic rings. The van der Waals surface area contributed by atoms with Gasteiger partial charge >= 0.3 is 6.18 Å². The van der Waals surface area contributed by atoms with Crippen LogP contribution in [0.3, 0.4) is 0 Å². The van der Waals surface area contributed by atoms with E-state index in [1.54, 1.807) is 17.0 Å². The summed E-state index contributed by atoms with van der Waals surface area (Å²) in [5, 5.41) is 2.93. The molecule has 0 saturated carbocycles. The van der Waals surface area contributed by atoms with E-state index in [4.69, 9.17) is 16.3 Å². The van der Waals surface area contributed by atoms with Crippen molar-refractivity contribution < 1.29 is 27.5 Å². The van der Waals surface area contributed by atoms with Crippen molar-refractivity contribution in [3.63, 3.8) is 0 Å². The number of carbonyl (C=O) groups is 2. The Balaban J connectivity index is 1.20. The molecule has 2 amide bonds.